The van der Waals surface area contributed by atoms with E-state index < -0.39 is 29.9 Å². The minimum absolute atomic E-state index is 0.243. The van der Waals surface area contributed by atoms with Crippen LogP contribution in [0, 0.1) is 0 Å². The van der Waals surface area contributed by atoms with E-state index in [1.54, 1.807) is 44.4 Å². The normalized spacial score (nSPS) is 18.2. The number of carbonyl (C=O) groups is 3. The third-order valence-corrected chi connectivity index (χ3v) is 4.84. The van der Waals surface area contributed by atoms with Gasteiger partial charge in [0.25, 0.3) is 5.91 Å². The second-order valence-electron chi connectivity index (χ2n) is 7.12. The zero-order valence-corrected chi connectivity index (χ0v) is 17.2. The van der Waals surface area contributed by atoms with E-state index >= 15 is 0 Å². The maximum Gasteiger partial charge on any atom is 0.325 e. The van der Waals surface area contributed by atoms with Crippen LogP contribution < -0.4 is 20.1 Å². The maximum absolute atomic E-state index is 13.0. The van der Waals surface area contributed by atoms with Crippen LogP contribution in [0.5, 0.6) is 11.5 Å². The van der Waals surface area contributed by atoms with Gasteiger partial charge in [0.05, 0.1) is 19.4 Å². The fraction of sp³-hybridized carbons (Fsp3) is 0.318. The lowest BCUT2D eigenvalue weighted by atomic mass is 9.92. The zero-order valence-electron chi connectivity index (χ0n) is 17.2. The maximum atomic E-state index is 13.0. The Bertz CT molecular complexity index is 961. The highest BCUT2D eigenvalue weighted by molar-refractivity contribution is 6.10. The van der Waals surface area contributed by atoms with Gasteiger partial charge in [0.1, 0.15) is 23.6 Å². The fourth-order valence-corrected chi connectivity index (χ4v) is 3.42. The Morgan fingerprint density at radius 3 is 2.47 bits per heavy atom. The number of ether oxygens (including phenoxy) is 2. The number of carbonyl (C=O) groups excluding carboxylic acids is 3. The molecule has 158 valence electrons. The molecule has 2 N–H and O–H groups in total. The molecule has 4 amide bonds. The number of methoxy groups -OCH3 is 1. The second kappa shape index (κ2) is 8.86. The number of nitrogens with zero attached hydrogens (tertiary/aromatic N) is 1. The van der Waals surface area contributed by atoms with Gasteiger partial charge in [-0.2, -0.15) is 0 Å². The van der Waals surface area contributed by atoms with E-state index in [2.05, 4.69) is 10.6 Å². The van der Waals surface area contributed by atoms with Gasteiger partial charge in [0, 0.05) is 6.42 Å². The molecule has 1 fully saturated rings. The highest BCUT2D eigenvalue weighted by atomic mass is 16.5. The molecule has 0 aliphatic carbocycles. The molecule has 1 aliphatic rings. The molecule has 0 unspecified atom stereocenters. The van der Waals surface area contributed by atoms with Crippen molar-refractivity contribution in [1.29, 1.82) is 0 Å². The number of hydrogen-bond donors (Lipinski definition) is 2. The Kier molecular flexibility index (Phi) is 6.25. The van der Waals surface area contributed by atoms with Gasteiger partial charge < -0.3 is 20.1 Å². The molecule has 0 saturated carbocycles. The average Bonchev–Trinajstić information content (AvgIpc) is 2.93. The molecule has 30 heavy (non-hydrogen) atoms. The van der Waals surface area contributed by atoms with Crippen LogP contribution >= 0.6 is 0 Å². The quantitative estimate of drug-likeness (QED) is 0.651. The van der Waals surface area contributed by atoms with Gasteiger partial charge in [-0.05, 0) is 37.6 Å². The molecule has 8 heteroatoms. The number of benzene rings is 2. The summed E-state index contributed by atoms with van der Waals surface area (Å²) in [6.07, 6.45) is 0.243. The molecule has 2 aromatic carbocycles. The van der Waals surface area contributed by atoms with Crippen molar-refractivity contribution in [1.82, 2.24) is 10.2 Å². The van der Waals surface area contributed by atoms with Gasteiger partial charge >= 0.3 is 6.03 Å². The smallest absolute Gasteiger partial charge is 0.325 e. The Balaban J connectivity index is 1.71. The largest absolute Gasteiger partial charge is 0.496 e. The van der Waals surface area contributed by atoms with E-state index in [1.807, 2.05) is 25.1 Å². The van der Waals surface area contributed by atoms with Crippen molar-refractivity contribution >= 4 is 23.5 Å². The number of anilines is 1. The number of nitrogens with one attached hydrogen (secondary N) is 2. The number of rotatable bonds is 8. The Labute approximate surface area is 175 Å². The molecule has 0 bridgehead atoms. The molecule has 3 rings (SSSR count). The lowest BCUT2D eigenvalue weighted by Crippen LogP contribution is -2.46. The van der Waals surface area contributed by atoms with Gasteiger partial charge in [-0.3, -0.25) is 14.5 Å². The first kappa shape index (κ1) is 21.2. The first-order valence-electron chi connectivity index (χ1n) is 9.65. The second-order valence-corrected chi connectivity index (χ2v) is 7.12. The number of imide groups is 1. The molecule has 2 aromatic rings. The van der Waals surface area contributed by atoms with Crippen LogP contribution in [0.25, 0.3) is 0 Å². The Morgan fingerprint density at radius 2 is 1.77 bits per heavy atom. The van der Waals surface area contributed by atoms with Gasteiger partial charge in [0.2, 0.25) is 5.91 Å². The molecule has 1 atom stereocenters. The van der Waals surface area contributed by atoms with Crippen LogP contribution in [0.1, 0.15) is 19.4 Å². The topological polar surface area (TPSA) is 97.0 Å². The third-order valence-electron chi connectivity index (χ3n) is 4.84. The average molecular weight is 411 g/mol. The summed E-state index contributed by atoms with van der Waals surface area (Å²) in [5, 5.41) is 5.41. The molecular formula is C22H25N3O5. The van der Waals surface area contributed by atoms with E-state index in [-0.39, 0.29) is 6.42 Å². The lowest BCUT2D eigenvalue weighted by Gasteiger charge is -2.22. The lowest BCUT2D eigenvalue weighted by molar-refractivity contribution is -0.133. The standard InChI is InChI=1S/C22H25N3O5/c1-4-30-18-12-8-6-10-16(18)23-19(26)14-25-20(27)22(2,24-21(25)28)13-15-9-5-7-11-17(15)29-3/h5-12H,4,13-14H2,1-3H3,(H,23,26)(H,24,28)/t22-/m1/s1. The molecule has 1 saturated heterocycles. The predicted octanol–water partition coefficient (Wildman–Crippen LogP) is 2.59. The third kappa shape index (κ3) is 4.37. The summed E-state index contributed by atoms with van der Waals surface area (Å²) in [6, 6.07) is 13.7. The molecule has 8 nitrogen and oxygen atoms in total. The molecule has 1 heterocycles. The van der Waals surface area contributed by atoms with E-state index in [9.17, 15) is 14.4 Å². The van der Waals surface area contributed by atoms with Crippen molar-refractivity contribution in [2.24, 2.45) is 0 Å². The monoisotopic (exact) mass is 411 g/mol. The first-order valence-corrected chi connectivity index (χ1v) is 9.65. The summed E-state index contributed by atoms with van der Waals surface area (Å²) < 4.78 is 10.8. The number of amides is 4. The number of para-hydroxylation sites is 3. The van der Waals surface area contributed by atoms with E-state index in [4.69, 9.17) is 9.47 Å². The summed E-state index contributed by atoms with van der Waals surface area (Å²) in [4.78, 5) is 38.9. The Hall–Kier alpha value is -3.55. The molecule has 0 aromatic heterocycles. The summed E-state index contributed by atoms with van der Waals surface area (Å²) >= 11 is 0. The van der Waals surface area contributed by atoms with Crippen molar-refractivity contribution in [3.63, 3.8) is 0 Å². The molecule has 0 radical (unpaired) electrons. The van der Waals surface area contributed by atoms with Crippen LogP contribution in [0.15, 0.2) is 48.5 Å². The first-order chi connectivity index (χ1) is 14.4. The minimum atomic E-state index is -1.17. The van der Waals surface area contributed by atoms with Crippen molar-refractivity contribution in [3.05, 3.63) is 54.1 Å². The highest BCUT2D eigenvalue weighted by Gasteiger charge is 2.48. The summed E-state index contributed by atoms with van der Waals surface area (Å²) in [7, 11) is 1.55. The van der Waals surface area contributed by atoms with Gasteiger partial charge in [0.15, 0.2) is 0 Å². The fourth-order valence-electron chi connectivity index (χ4n) is 3.42. The van der Waals surface area contributed by atoms with Gasteiger partial charge in [-0.25, -0.2) is 4.79 Å². The van der Waals surface area contributed by atoms with E-state index in [0.29, 0.717) is 23.8 Å². The summed E-state index contributed by atoms with van der Waals surface area (Å²) in [5.74, 6) is 0.190. The summed E-state index contributed by atoms with van der Waals surface area (Å²) in [6.45, 7) is 3.53. The van der Waals surface area contributed by atoms with Crippen molar-refractivity contribution in [2.45, 2.75) is 25.8 Å². The van der Waals surface area contributed by atoms with Crippen molar-refractivity contribution < 1.29 is 23.9 Å². The molecule has 1 aliphatic heterocycles. The van der Waals surface area contributed by atoms with Crippen LogP contribution in [0.4, 0.5) is 10.5 Å². The number of hydrogen-bond acceptors (Lipinski definition) is 5. The van der Waals surface area contributed by atoms with Crippen LogP contribution in [-0.4, -0.2) is 48.5 Å². The minimum Gasteiger partial charge on any atom is -0.496 e. The molecular weight excluding hydrogens is 386 g/mol. The predicted molar refractivity (Wildman–Crippen MR) is 112 cm³/mol. The highest BCUT2D eigenvalue weighted by Crippen LogP contribution is 2.28. The van der Waals surface area contributed by atoms with Crippen LogP contribution in [-0.2, 0) is 16.0 Å². The number of urea groups is 1. The van der Waals surface area contributed by atoms with Crippen molar-refractivity contribution in [3.8, 4) is 11.5 Å². The van der Waals surface area contributed by atoms with Gasteiger partial charge in [-0.15, -0.1) is 0 Å². The Morgan fingerprint density at radius 1 is 1.10 bits per heavy atom. The van der Waals surface area contributed by atoms with E-state index in [0.717, 1.165) is 10.5 Å². The zero-order chi connectivity index (χ0) is 21.7. The van der Waals surface area contributed by atoms with E-state index in [1.165, 1.54) is 0 Å². The van der Waals surface area contributed by atoms with Gasteiger partial charge in [-0.1, -0.05) is 30.3 Å². The van der Waals surface area contributed by atoms with Crippen molar-refractivity contribution in [2.75, 3.05) is 25.6 Å². The summed E-state index contributed by atoms with van der Waals surface area (Å²) in [5.41, 5.74) is 0.0937. The van der Waals surface area contributed by atoms with Crippen LogP contribution in [0.2, 0.25) is 0 Å². The molecule has 0 spiro atoms. The SMILES string of the molecule is CCOc1ccccc1NC(=O)CN1C(=O)N[C@](C)(Cc2ccccc2OC)C1=O. The van der Waals surface area contributed by atoms with Crippen LogP contribution in [0.3, 0.4) is 0 Å².